The molecule has 162 valence electrons. The molecule has 3 rings (SSSR count). The predicted molar refractivity (Wildman–Crippen MR) is 121 cm³/mol. The first-order chi connectivity index (χ1) is 14.8. The van der Waals surface area contributed by atoms with Gasteiger partial charge in [0.1, 0.15) is 0 Å². The Morgan fingerprint density at radius 3 is 2.55 bits per heavy atom. The molecule has 0 saturated carbocycles. The Balaban J connectivity index is 1.62. The summed E-state index contributed by atoms with van der Waals surface area (Å²) in [5.74, 6) is -1.23. The summed E-state index contributed by atoms with van der Waals surface area (Å²) in [6.07, 6.45) is 2.68. The molecule has 8 nitrogen and oxygen atoms in total. The van der Waals surface area contributed by atoms with Crippen LogP contribution in [0, 0.1) is 0 Å². The molecule has 0 unspecified atom stereocenters. The van der Waals surface area contributed by atoms with E-state index in [-0.39, 0.29) is 16.6 Å². The molecule has 0 spiro atoms. The first-order valence-electron chi connectivity index (χ1n) is 9.49. The number of hydrogen-bond donors (Lipinski definition) is 2. The number of carbonyl (C=O) groups is 2. The Hall–Kier alpha value is -3.24. The smallest absolute Gasteiger partial charge is 0.330 e. The lowest BCUT2D eigenvalue weighted by Crippen LogP contribution is -2.33. The van der Waals surface area contributed by atoms with E-state index in [1.165, 1.54) is 16.4 Å². The molecule has 0 saturated heterocycles. The molecule has 0 bridgehead atoms. The van der Waals surface area contributed by atoms with E-state index in [0.29, 0.717) is 24.3 Å². The minimum atomic E-state index is -3.69. The van der Waals surface area contributed by atoms with Crippen LogP contribution >= 0.6 is 12.2 Å². The number of nitrogens with one attached hydrogen (secondary N) is 2. The molecular formula is C21H21N3O5S2. The SMILES string of the molecule is CCOC(=O)/C=C/C(=O)NC(=S)Nc1ccc(S(=O)(=O)N2CCc3ccccc32)cc1. The number of hydrogen-bond acceptors (Lipinski definition) is 6. The number of sulfonamides is 1. The fraction of sp³-hybridized carbons (Fsp3) is 0.190. The summed E-state index contributed by atoms with van der Waals surface area (Å²) in [5, 5.41) is 5.18. The van der Waals surface area contributed by atoms with Crippen LogP contribution in [0.1, 0.15) is 12.5 Å². The Morgan fingerprint density at radius 1 is 1.13 bits per heavy atom. The topological polar surface area (TPSA) is 105 Å². The molecule has 10 heteroatoms. The summed E-state index contributed by atoms with van der Waals surface area (Å²) < 4.78 is 32.1. The van der Waals surface area contributed by atoms with Crippen molar-refractivity contribution in [1.82, 2.24) is 5.32 Å². The summed E-state index contributed by atoms with van der Waals surface area (Å²) in [7, 11) is -3.69. The van der Waals surface area contributed by atoms with E-state index in [9.17, 15) is 18.0 Å². The van der Waals surface area contributed by atoms with Crippen molar-refractivity contribution in [3.05, 3.63) is 66.2 Å². The average molecular weight is 460 g/mol. The van der Waals surface area contributed by atoms with Gasteiger partial charge in [0, 0.05) is 24.4 Å². The summed E-state index contributed by atoms with van der Waals surface area (Å²) in [6.45, 7) is 2.27. The number of anilines is 2. The summed E-state index contributed by atoms with van der Waals surface area (Å²) >= 11 is 5.06. The van der Waals surface area contributed by atoms with Crippen molar-refractivity contribution in [2.45, 2.75) is 18.2 Å². The first-order valence-corrected chi connectivity index (χ1v) is 11.3. The molecule has 0 atom stereocenters. The van der Waals surface area contributed by atoms with E-state index in [1.54, 1.807) is 25.1 Å². The predicted octanol–water partition coefficient (Wildman–Crippen LogP) is 2.37. The van der Waals surface area contributed by atoms with Crippen LogP contribution < -0.4 is 14.9 Å². The van der Waals surface area contributed by atoms with Crippen molar-refractivity contribution in [2.24, 2.45) is 0 Å². The van der Waals surface area contributed by atoms with Gasteiger partial charge in [-0.1, -0.05) is 18.2 Å². The van der Waals surface area contributed by atoms with Crippen LogP contribution in [-0.4, -0.2) is 38.6 Å². The lowest BCUT2D eigenvalue weighted by molar-refractivity contribution is -0.137. The zero-order valence-electron chi connectivity index (χ0n) is 16.7. The van der Waals surface area contributed by atoms with Crippen LogP contribution in [0.3, 0.4) is 0 Å². The molecule has 1 aliphatic heterocycles. The highest BCUT2D eigenvalue weighted by atomic mass is 32.2. The largest absolute Gasteiger partial charge is 0.463 e. The highest BCUT2D eigenvalue weighted by molar-refractivity contribution is 7.92. The van der Waals surface area contributed by atoms with Gasteiger partial charge >= 0.3 is 5.97 Å². The van der Waals surface area contributed by atoms with Gasteiger partial charge in [-0.25, -0.2) is 13.2 Å². The fourth-order valence-corrected chi connectivity index (χ4v) is 4.77. The Bertz CT molecular complexity index is 1130. The molecule has 31 heavy (non-hydrogen) atoms. The highest BCUT2D eigenvalue weighted by Gasteiger charge is 2.30. The van der Waals surface area contributed by atoms with Gasteiger partial charge in [-0.3, -0.25) is 14.4 Å². The molecule has 2 aromatic carbocycles. The van der Waals surface area contributed by atoms with Crippen LogP contribution in [-0.2, 0) is 30.8 Å². The molecule has 0 aliphatic carbocycles. The number of thiocarbonyl (C=S) groups is 1. The van der Waals surface area contributed by atoms with Gasteiger partial charge in [-0.15, -0.1) is 0 Å². The first kappa shape index (κ1) is 22.4. The van der Waals surface area contributed by atoms with Gasteiger partial charge in [0.15, 0.2) is 5.11 Å². The van der Waals surface area contributed by atoms with Gasteiger partial charge in [0.2, 0.25) is 5.91 Å². The second kappa shape index (κ2) is 9.71. The van der Waals surface area contributed by atoms with Crippen LogP contribution in [0.15, 0.2) is 65.6 Å². The summed E-state index contributed by atoms with van der Waals surface area (Å²) in [4.78, 5) is 23.1. The van der Waals surface area contributed by atoms with E-state index in [0.717, 1.165) is 17.7 Å². The molecular weight excluding hydrogens is 438 g/mol. The Kier molecular flexibility index (Phi) is 7.03. The van der Waals surface area contributed by atoms with Crippen LogP contribution in [0.5, 0.6) is 0 Å². The number of carbonyl (C=O) groups excluding carboxylic acids is 2. The molecule has 0 fully saturated rings. The van der Waals surface area contributed by atoms with Crippen LogP contribution in [0.2, 0.25) is 0 Å². The van der Waals surface area contributed by atoms with Crippen LogP contribution in [0.25, 0.3) is 0 Å². The maximum atomic E-state index is 13.0. The maximum Gasteiger partial charge on any atom is 0.330 e. The van der Waals surface area contributed by atoms with Crippen molar-refractivity contribution < 1.29 is 22.7 Å². The Labute approximate surface area is 185 Å². The molecule has 2 aromatic rings. The van der Waals surface area contributed by atoms with Gasteiger partial charge in [0.05, 0.1) is 17.2 Å². The van der Waals surface area contributed by atoms with Gasteiger partial charge in [0.25, 0.3) is 10.0 Å². The van der Waals surface area contributed by atoms with E-state index >= 15 is 0 Å². The number of fused-ring (bicyclic) bond motifs is 1. The molecule has 2 N–H and O–H groups in total. The van der Waals surface area contributed by atoms with Crippen molar-refractivity contribution >= 4 is 50.6 Å². The maximum absolute atomic E-state index is 13.0. The lowest BCUT2D eigenvalue weighted by Gasteiger charge is -2.19. The van der Waals surface area contributed by atoms with Crippen LogP contribution in [0.4, 0.5) is 11.4 Å². The fourth-order valence-electron chi connectivity index (χ4n) is 3.05. The number of amides is 1. The van der Waals surface area contributed by atoms with E-state index in [1.807, 2.05) is 18.2 Å². The lowest BCUT2D eigenvalue weighted by atomic mass is 10.2. The second-order valence-electron chi connectivity index (χ2n) is 6.51. The number of nitrogens with zero attached hydrogens (tertiary/aromatic N) is 1. The van der Waals surface area contributed by atoms with E-state index in [4.69, 9.17) is 12.2 Å². The minimum absolute atomic E-state index is 0.00239. The summed E-state index contributed by atoms with van der Waals surface area (Å²) in [5.41, 5.74) is 2.20. The van der Waals surface area contributed by atoms with Gasteiger partial charge in [-0.2, -0.15) is 0 Å². The van der Waals surface area contributed by atoms with Gasteiger partial charge < -0.3 is 10.1 Å². The zero-order valence-corrected chi connectivity index (χ0v) is 18.3. The molecule has 1 aliphatic rings. The molecule has 0 radical (unpaired) electrons. The van der Waals surface area contributed by atoms with Gasteiger partial charge in [-0.05, 0) is 61.5 Å². The average Bonchev–Trinajstić information content (AvgIpc) is 3.18. The Morgan fingerprint density at radius 2 is 1.84 bits per heavy atom. The second-order valence-corrected chi connectivity index (χ2v) is 8.78. The highest BCUT2D eigenvalue weighted by Crippen LogP contribution is 2.32. The molecule has 1 amide bonds. The van der Waals surface area contributed by atoms with E-state index < -0.39 is 21.9 Å². The monoisotopic (exact) mass is 459 g/mol. The molecule has 0 aromatic heterocycles. The number of esters is 1. The number of rotatable bonds is 6. The minimum Gasteiger partial charge on any atom is -0.463 e. The third-order valence-corrected chi connectivity index (χ3v) is 6.47. The quantitative estimate of drug-likeness (QED) is 0.388. The summed E-state index contributed by atoms with van der Waals surface area (Å²) in [6, 6.07) is 13.5. The number of ether oxygens (including phenoxy) is 1. The van der Waals surface area contributed by atoms with Crippen molar-refractivity contribution in [2.75, 3.05) is 22.8 Å². The standard InChI is InChI=1S/C21H21N3O5S2/c1-2-29-20(26)12-11-19(25)23-21(30)22-16-7-9-17(10-8-16)31(27,28)24-14-13-15-5-3-4-6-18(15)24/h3-12H,2,13-14H2,1H3,(H2,22,23,25,30)/b12-11+. The molecule has 1 heterocycles. The zero-order chi connectivity index (χ0) is 22.4. The number of benzene rings is 2. The number of para-hydroxylation sites is 1. The van der Waals surface area contributed by atoms with Crippen molar-refractivity contribution in [3.8, 4) is 0 Å². The van der Waals surface area contributed by atoms with Crippen molar-refractivity contribution in [1.29, 1.82) is 0 Å². The third kappa shape index (κ3) is 5.47. The van der Waals surface area contributed by atoms with E-state index in [2.05, 4.69) is 15.4 Å². The normalized spacial score (nSPS) is 13.0. The van der Waals surface area contributed by atoms with Crippen molar-refractivity contribution in [3.63, 3.8) is 0 Å². The third-order valence-electron chi connectivity index (χ3n) is 4.44.